The fourth-order valence-electron chi connectivity index (χ4n) is 2.62. The summed E-state index contributed by atoms with van der Waals surface area (Å²) >= 11 is 0. The first-order chi connectivity index (χ1) is 9.95. The molecule has 0 radical (unpaired) electrons. The van der Waals surface area contributed by atoms with Gasteiger partial charge in [0.2, 0.25) is 5.95 Å². The zero-order chi connectivity index (χ0) is 15.1. The summed E-state index contributed by atoms with van der Waals surface area (Å²) in [5.74, 6) is -0.560. The van der Waals surface area contributed by atoms with Gasteiger partial charge < -0.3 is 16.8 Å². The molecule has 0 spiro atoms. The van der Waals surface area contributed by atoms with E-state index < -0.39 is 5.82 Å². The van der Waals surface area contributed by atoms with Crippen LogP contribution in [0.2, 0.25) is 0 Å². The van der Waals surface area contributed by atoms with Crippen molar-refractivity contribution in [3.05, 3.63) is 46.5 Å². The molecular formula is C14H14FN5O. The molecule has 1 aromatic heterocycles. The number of nitrogens with two attached hydrogens (primary N) is 2. The fraction of sp³-hybridized carbons (Fsp3) is 0.214. The third-order valence-corrected chi connectivity index (χ3v) is 3.54. The molecule has 2 heterocycles. The number of aryl methyl sites for hydroxylation is 1. The standard InChI is InChI=1S/C14H14FN5O/c1-6-12-11(20-14(17)18-6)5-10(19-13(12)21)8-3-2-7(15)4-9(8)16/h2-4,10H,5,16H2,1H3,(H,19,21)(H2,17,18,20)/t10-/m1/s1. The van der Waals surface area contributed by atoms with Crippen molar-refractivity contribution in [2.75, 3.05) is 11.5 Å². The summed E-state index contributed by atoms with van der Waals surface area (Å²) in [4.78, 5) is 20.4. The van der Waals surface area contributed by atoms with E-state index in [9.17, 15) is 9.18 Å². The largest absolute Gasteiger partial charge is 0.398 e. The Labute approximate surface area is 120 Å². The zero-order valence-electron chi connectivity index (χ0n) is 11.4. The van der Waals surface area contributed by atoms with E-state index in [1.807, 2.05) is 0 Å². The number of carbonyl (C=O) groups excluding carboxylic acids is 1. The molecule has 7 heteroatoms. The number of nitrogen functional groups attached to an aromatic ring is 2. The van der Waals surface area contributed by atoms with Gasteiger partial charge in [-0.25, -0.2) is 14.4 Å². The fourth-order valence-corrected chi connectivity index (χ4v) is 2.62. The number of nitrogens with zero attached hydrogens (tertiary/aromatic N) is 2. The van der Waals surface area contributed by atoms with Crippen LogP contribution in [0.1, 0.15) is 33.4 Å². The summed E-state index contributed by atoms with van der Waals surface area (Å²) in [7, 11) is 0. The van der Waals surface area contributed by atoms with Gasteiger partial charge in [-0.3, -0.25) is 4.79 Å². The molecule has 1 aromatic carbocycles. The Hall–Kier alpha value is -2.70. The van der Waals surface area contributed by atoms with Crippen LogP contribution >= 0.6 is 0 Å². The summed E-state index contributed by atoms with van der Waals surface area (Å²) in [5, 5.41) is 2.85. The Morgan fingerprint density at radius 3 is 2.81 bits per heavy atom. The summed E-state index contributed by atoms with van der Waals surface area (Å²) in [6, 6.07) is 3.75. The first-order valence-electron chi connectivity index (χ1n) is 6.44. The smallest absolute Gasteiger partial charge is 0.255 e. The van der Waals surface area contributed by atoms with Crippen molar-refractivity contribution in [3.63, 3.8) is 0 Å². The summed E-state index contributed by atoms with van der Waals surface area (Å²) in [6.07, 6.45) is 0.435. The lowest BCUT2D eigenvalue weighted by molar-refractivity contribution is 0.0922. The number of carbonyl (C=O) groups is 1. The van der Waals surface area contributed by atoms with Crippen LogP contribution < -0.4 is 16.8 Å². The Morgan fingerprint density at radius 2 is 2.10 bits per heavy atom. The van der Waals surface area contributed by atoms with E-state index in [-0.39, 0.29) is 17.9 Å². The first kappa shape index (κ1) is 13.3. The molecule has 1 aliphatic rings. The number of aromatic nitrogens is 2. The molecule has 0 bridgehead atoms. The van der Waals surface area contributed by atoms with Crippen molar-refractivity contribution >= 4 is 17.5 Å². The molecule has 3 rings (SSSR count). The Kier molecular flexibility index (Phi) is 2.97. The first-order valence-corrected chi connectivity index (χ1v) is 6.44. The highest BCUT2D eigenvalue weighted by molar-refractivity contribution is 5.97. The summed E-state index contributed by atoms with van der Waals surface area (Å²) in [6.45, 7) is 1.71. The van der Waals surface area contributed by atoms with E-state index >= 15 is 0 Å². The van der Waals surface area contributed by atoms with Crippen LogP contribution in [0.5, 0.6) is 0 Å². The molecule has 1 amide bonds. The van der Waals surface area contributed by atoms with Gasteiger partial charge in [0.15, 0.2) is 0 Å². The van der Waals surface area contributed by atoms with Gasteiger partial charge in [0.05, 0.1) is 23.0 Å². The van der Waals surface area contributed by atoms with Crippen LogP contribution in [0, 0.1) is 12.7 Å². The molecule has 5 N–H and O–H groups in total. The number of anilines is 2. The van der Waals surface area contributed by atoms with Crippen LogP contribution in [-0.2, 0) is 6.42 Å². The maximum atomic E-state index is 13.1. The topological polar surface area (TPSA) is 107 Å². The van der Waals surface area contributed by atoms with Crippen LogP contribution in [0.15, 0.2) is 18.2 Å². The van der Waals surface area contributed by atoms with Gasteiger partial charge in [0.25, 0.3) is 5.91 Å². The maximum absolute atomic E-state index is 13.1. The maximum Gasteiger partial charge on any atom is 0.255 e. The van der Waals surface area contributed by atoms with Gasteiger partial charge in [0.1, 0.15) is 5.82 Å². The van der Waals surface area contributed by atoms with Crippen molar-refractivity contribution in [2.24, 2.45) is 0 Å². The molecule has 6 nitrogen and oxygen atoms in total. The average Bonchev–Trinajstić information content (AvgIpc) is 2.36. The molecule has 108 valence electrons. The number of nitrogens with one attached hydrogen (secondary N) is 1. The molecule has 0 unspecified atom stereocenters. The van der Waals surface area contributed by atoms with Crippen LogP contribution in [0.4, 0.5) is 16.0 Å². The Balaban J connectivity index is 2.04. The van der Waals surface area contributed by atoms with Crippen molar-refractivity contribution in [2.45, 2.75) is 19.4 Å². The third-order valence-electron chi connectivity index (χ3n) is 3.54. The molecule has 21 heavy (non-hydrogen) atoms. The zero-order valence-corrected chi connectivity index (χ0v) is 11.4. The van der Waals surface area contributed by atoms with Gasteiger partial charge >= 0.3 is 0 Å². The van der Waals surface area contributed by atoms with Crippen molar-refractivity contribution in [1.29, 1.82) is 0 Å². The lowest BCUT2D eigenvalue weighted by Crippen LogP contribution is -2.37. The highest BCUT2D eigenvalue weighted by Crippen LogP contribution is 2.29. The normalized spacial score (nSPS) is 17.2. The molecule has 0 saturated carbocycles. The lowest BCUT2D eigenvalue weighted by atomic mass is 9.93. The van der Waals surface area contributed by atoms with Crippen LogP contribution in [0.25, 0.3) is 0 Å². The number of rotatable bonds is 1. The Morgan fingerprint density at radius 1 is 1.33 bits per heavy atom. The van der Waals surface area contributed by atoms with Crippen molar-refractivity contribution in [1.82, 2.24) is 15.3 Å². The highest BCUT2D eigenvalue weighted by Gasteiger charge is 2.29. The van der Waals surface area contributed by atoms with Crippen molar-refractivity contribution in [3.8, 4) is 0 Å². The van der Waals surface area contributed by atoms with E-state index in [0.717, 1.165) is 0 Å². The summed E-state index contributed by atoms with van der Waals surface area (Å²) in [5.41, 5.74) is 14.0. The van der Waals surface area contributed by atoms with Crippen LogP contribution in [0.3, 0.4) is 0 Å². The minimum Gasteiger partial charge on any atom is -0.398 e. The quantitative estimate of drug-likeness (QED) is 0.681. The second kappa shape index (κ2) is 4.69. The van der Waals surface area contributed by atoms with E-state index in [1.165, 1.54) is 12.1 Å². The lowest BCUT2D eigenvalue weighted by Gasteiger charge is -2.27. The van der Waals surface area contributed by atoms with E-state index in [2.05, 4.69) is 15.3 Å². The number of fused-ring (bicyclic) bond motifs is 1. The van der Waals surface area contributed by atoms with E-state index in [0.29, 0.717) is 34.6 Å². The highest BCUT2D eigenvalue weighted by atomic mass is 19.1. The monoisotopic (exact) mass is 287 g/mol. The average molecular weight is 287 g/mol. The molecule has 0 fully saturated rings. The summed E-state index contributed by atoms with van der Waals surface area (Å²) < 4.78 is 13.1. The molecule has 1 atom stereocenters. The van der Waals surface area contributed by atoms with Gasteiger partial charge in [0, 0.05) is 12.1 Å². The van der Waals surface area contributed by atoms with E-state index in [1.54, 1.807) is 13.0 Å². The minimum absolute atomic E-state index is 0.131. The number of hydrogen-bond donors (Lipinski definition) is 3. The minimum atomic E-state index is -0.416. The SMILES string of the molecule is Cc1nc(N)nc2c1C(=O)N[C@@H](c1ccc(F)cc1N)C2. The van der Waals surface area contributed by atoms with Gasteiger partial charge in [-0.1, -0.05) is 6.07 Å². The third kappa shape index (κ3) is 2.26. The predicted octanol–water partition coefficient (Wildman–Crippen LogP) is 1.12. The number of benzene rings is 1. The van der Waals surface area contributed by atoms with Gasteiger partial charge in [-0.05, 0) is 24.6 Å². The van der Waals surface area contributed by atoms with E-state index in [4.69, 9.17) is 11.5 Å². The number of amides is 1. The second-order valence-corrected chi connectivity index (χ2v) is 4.99. The number of halogens is 1. The molecule has 0 aliphatic carbocycles. The molecule has 2 aromatic rings. The molecular weight excluding hydrogens is 273 g/mol. The Bertz CT molecular complexity index is 746. The van der Waals surface area contributed by atoms with Gasteiger partial charge in [-0.15, -0.1) is 0 Å². The predicted molar refractivity (Wildman–Crippen MR) is 75.9 cm³/mol. The molecule has 1 aliphatic heterocycles. The molecule has 0 saturated heterocycles. The van der Waals surface area contributed by atoms with Crippen molar-refractivity contribution < 1.29 is 9.18 Å². The number of hydrogen-bond acceptors (Lipinski definition) is 5. The van der Waals surface area contributed by atoms with Crippen LogP contribution in [-0.4, -0.2) is 15.9 Å². The second-order valence-electron chi connectivity index (χ2n) is 4.99. The van der Waals surface area contributed by atoms with Gasteiger partial charge in [-0.2, -0.15) is 0 Å².